The van der Waals surface area contributed by atoms with Gasteiger partial charge >= 0.3 is 0 Å². The van der Waals surface area contributed by atoms with Crippen LogP contribution < -0.4 is 4.74 Å². The van der Waals surface area contributed by atoms with Gasteiger partial charge in [-0.05, 0) is 37.4 Å². The van der Waals surface area contributed by atoms with Crippen LogP contribution in [0.25, 0.3) is 33.0 Å². The van der Waals surface area contributed by atoms with Crippen molar-refractivity contribution in [3.05, 3.63) is 47.5 Å². The molecule has 0 N–H and O–H groups in total. The molecule has 0 aliphatic heterocycles. The topological polar surface area (TPSA) is 38.5 Å². The number of para-hydroxylation sites is 1. The number of benzene rings is 2. The van der Waals surface area contributed by atoms with E-state index in [1.54, 1.807) is 0 Å². The summed E-state index contributed by atoms with van der Waals surface area (Å²) in [6.45, 7) is 7.94. The Bertz CT molecular complexity index is 1070. The summed E-state index contributed by atoms with van der Waals surface area (Å²) in [5, 5.41) is 2.43. The number of rotatable bonds is 6. The molecule has 0 aliphatic rings. The fourth-order valence-corrected chi connectivity index (χ4v) is 3.53. The van der Waals surface area contributed by atoms with Crippen molar-refractivity contribution in [2.75, 3.05) is 26.2 Å². The molecular weight excluding hydrogens is 348 g/mol. The third kappa shape index (κ3) is 3.00. The van der Waals surface area contributed by atoms with Gasteiger partial charge in [0.25, 0.3) is 0 Å². The van der Waals surface area contributed by atoms with Crippen LogP contribution in [-0.4, -0.2) is 36.1 Å². The first-order valence-electron chi connectivity index (χ1n) is 8.97. The normalized spacial score (nSPS) is 11.8. The average molecular weight is 369 g/mol. The third-order valence-corrected chi connectivity index (χ3v) is 5.15. The first-order chi connectivity index (χ1) is 12.7. The van der Waals surface area contributed by atoms with Crippen molar-refractivity contribution in [3.63, 3.8) is 0 Å². The van der Waals surface area contributed by atoms with Crippen molar-refractivity contribution in [1.29, 1.82) is 0 Å². The predicted molar refractivity (Wildman–Crippen MR) is 107 cm³/mol. The molecule has 0 radical (unpaired) electrons. The van der Waals surface area contributed by atoms with Crippen LogP contribution >= 0.6 is 11.6 Å². The number of hydrogen-bond donors (Lipinski definition) is 0. The number of furan rings is 1. The van der Waals surface area contributed by atoms with E-state index >= 15 is 0 Å². The molecule has 0 bridgehead atoms. The highest BCUT2D eigenvalue weighted by molar-refractivity contribution is 6.40. The lowest BCUT2D eigenvalue weighted by Crippen LogP contribution is -2.27. The van der Waals surface area contributed by atoms with Crippen molar-refractivity contribution in [2.45, 2.75) is 13.8 Å². The third-order valence-electron chi connectivity index (χ3n) is 4.78. The minimum absolute atomic E-state index is 0.603. The SMILES string of the molecule is CCN(CC)CCOc1ccc2oc3c(Cl)c4ccccc4nc3c2c1. The van der Waals surface area contributed by atoms with Gasteiger partial charge < -0.3 is 14.1 Å². The zero-order chi connectivity index (χ0) is 18.1. The summed E-state index contributed by atoms with van der Waals surface area (Å²) in [6, 6.07) is 13.7. The second-order valence-corrected chi connectivity index (χ2v) is 6.63. The maximum atomic E-state index is 6.57. The molecule has 0 saturated heterocycles. The Hall–Kier alpha value is -2.30. The summed E-state index contributed by atoms with van der Waals surface area (Å²) < 4.78 is 11.9. The van der Waals surface area contributed by atoms with Crippen LogP contribution in [0.5, 0.6) is 5.75 Å². The molecule has 4 rings (SSSR count). The molecule has 0 saturated carbocycles. The minimum atomic E-state index is 0.603. The van der Waals surface area contributed by atoms with E-state index in [1.165, 1.54) is 0 Å². The Kier molecular flexibility index (Phi) is 4.70. The number of halogens is 1. The number of likely N-dealkylation sites (N-methyl/N-ethyl adjacent to an activating group) is 1. The molecule has 26 heavy (non-hydrogen) atoms. The molecule has 2 heterocycles. The molecule has 0 atom stereocenters. The predicted octanol–water partition coefficient (Wildman–Crippen LogP) is 5.51. The standard InChI is InChI=1S/C21H21ClN2O2/c1-3-24(4-2)11-12-25-14-9-10-18-16(13-14)20-21(26-18)19(22)15-7-5-6-8-17(15)23-20/h5-10,13H,3-4,11-12H2,1-2H3. The Labute approximate surface area is 157 Å². The molecule has 4 aromatic rings. The van der Waals surface area contributed by atoms with Crippen LogP contribution in [0.3, 0.4) is 0 Å². The Morgan fingerprint density at radius 2 is 1.88 bits per heavy atom. The molecule has 0 fully saturated rings. The zero-order valence-corrected chi connectivity index (χ0v) is 15.7. The Morgan fingerprint density at radius 1 is 1.08 bits per heavy atom. The summed E-state index contributed by atoms with van der Waals surface area (Å²) in [6.07, 6.45) is 0. The van der Waals surface area contributed by atoms with E-state index in [2.05, 4.69) is 18.7 Å². The molecule has 0 aliphatic carbocycles. The lowest BCUT2D eigenvalue weighted by molar-refractivity contribution is 0.223. The second-order valence-electron chi connectivity index (χ2n) is 6.26. The van der Waals surface area contributed by atoms with Gasteiger partial charge in [0.15, 0.2) is 5.58 Å². The van der Waals surface area contributed by atoms with Gasteiger partial charge in [-0.15, -0.1) is 0 Å². The van der Waals surface area contributed by atoms with Crippen molar-refractivity contribution >= 4 is 44.6 Å². The molecule has 0 spiro atoms. The molecule has 2 aromatic heterocycles. The lowest BCUT2D eigenvalue weighted by Gasteiger charge is -2.17. The monoisotopic (exact) mass is 368 g/mol. The smallest absolute Gasteiger partial charge is 0.173 e. The first-order valence-corrected chi connectivity index (χ1v) is 9.34. The molecule has 0 amide bonds. The van der Waals surface area contributed by atoms with Crippen molar-refractivity contribution < 1.29 is 9.15 Å². The van der Waals surface area contributed by atoms with E-state index in [-0.39, 0.29) is 0 Å². The van der Waals surface area contributed by atoms with Crippen LogP contribution in [-0.2, 0) is 0 Å². The van der Waals surface area contributed by atoms with E-state index < -0.39 is 0 Å². The van der Waals surface area contributed by atoms with E-state index in [0.717, 1.165) is 52.8 Å². The van der Waals surface area contributed by atoms with Gasteiger partial charge in [-0.25, -0.2) is 4.98 Å². The molecule has 134 valence electrons. The van der Waals surface area contributed by atoms with Gasteiger partial charge in [0, 0.05) is 11.9 Å². The Morgan fingerprint density at radius 3 is 2.69 bits per heavy atom. The van der Waals surface area contributed by atoms with Crippen molar-refractivity contribution in [1.82, 2.24) is 9.88 Å². The summed E-state index contributed by atoms with van der Waals surface area (Å²) in [4.78, 5) is 7.09. The van der Waals surface area contributed by atoms with Gasteiger partial charge in [-0.1, -0.05) is 43.6 Å². The number of hydrogen-bond acceptors (Lipinski definition) is 4. The highest BCUT2D eigenvalue weighted by atomic mass is 35.5. The molecule has 5 heteroatoms. The molecule has 0 unspecified atom stereocenters. The molecular formula is C21H21ClN2O2. The summed E-state index contributed by atoms with van der Waals surface area (Å²) >= 11 is 6.57. The second kappa shape index (κ2) is 7.14. The maximum absolute atomic E-state index is 6.57. The number of ether oxygens (including phenoxy) is 1. The fourth-order valence-electron chi connectivity index (χ4n) is 3.25. The molecule has 4 nitrogen and oxygen atoms in total. The lowest BCUT2D eigenvalue weighted by atomic mass is 10.1. The summed E-state index contributed by atoms with van der Waals surface area (Å²) in [5.41, 5.74) is 3.03. The first kappa shape index (κ1) is 17.1. The largest absolute Gasteiger partial charge is 0.492 e. The quantitative estimate of drug-likeness (QED) is 0.450. The van der Waals surface area contributed by atoms with Crippen LogP contribution in [0, 0.1) is 0 Å². The minimum Gasteiger partial charge on any atom is -0.492 e. The summed E-state index contributed by atoms with van der Waals surface area (Å²) in [5.74, 6) is 0.818. The van der Waals surface area contributed by atoms with Crippen molar-refractivity contribution in [3.8, 4) is 5.75 Å². The summed E-state index contributed by atoms with van der Waals surface area (Å²) in [7, 11) is 0. The van der Waals surface area contributed by atoms with Crippen molar-refractivity contribution in [2.24, 2.45) is 0 Å². The Balaban J connectivity index is 1.72. The number of pyridine rings is 1. The highest BCUT2D eigenvalue weighted by Crippen LogP contribution is 2.37. The van der Waals surface area contributed by atoms with E-state index in [0.29, 0.717) is 17.2 Å². The zero-order valence-electron chi connectivity index (χ0n) is 15.0. The van der Waals surface area contributed by atoms with Crippen LogP contribution in [0.1, 0.15) is 13.8 Å². The van der Waals surface area contributed by atoms with Crippen LogP contribution in [0.15, 0.2) is 46.9 Å². The number of aromatic nitrogens is 1. The number of nitrogens with zero attached hydrogens (tertiary/aromatic N) is 2. The van der Waals surface area contributed by atoms with E-state index in [1.807, 2.05) is 42.5 Å². The highest BCUT2D eigenvalue weighted by Gasteiger charge is 2.15. The van der Waals surface area contributed by atoms with Gasteiger partial charge in [0.1, 0.15) is 23.5 Å². The van der Waals surface area contributed by atoms with Gasteiger partial charge in [-0.2, -0.15) is 0 Å². The maximum Gasteiger partial charge on any atom is 0.173 e. The van der Waals surface area contributed by atoms with E-state index in [9.17, 15) is 0 Å². The van der Waals surface area contributed by atoms with Gasteiger partial charge in [-0.3, -0.25) is 0 Å². The molecule has 2 aromatic carbocycles. The van der Waals surface area contributed by atoms with Crippen LogP contribution in [0.4, 0.5) is 0 Å². The fraction of sp³-hybridized carbons (Fsp3) is 0.286. The average Bonchev–Trinajstić information content (AvgIpc) is 3.04. The van der Waals surface area contributed by atoms with Gasteiger partial charge in [0.05, 0.1) is 15.9 Å². The van der Waals surface area contributed by atoms with Gasteiger partial charge in [0.2, 0.25) is 0 Å². The van der Waals surface area contributed by atoms with Crippen LogP contribution in [0.2, 0.25) is 5.02 Å². The van der Waals surface area contributed by atoms with E-state index in [4.69, 9.17) is 25.7 Å². The number of fused-ring (bicyclic) bond motifs is 4.